The summed E-state index contributed by atoms with van der Waals surface area (Å²) in [4.78, 5) is 55.2. The fourth-order valence-corrected chi connectivity index (χ4v) is 0.803. The lowest BCUT2D eigenvalue weighted by Gasteiger charge is -2.23. The number of carbonyl (C=O) groups excluding carboxylic acids is 1. The molecular weight excluding hydrogens is 502 g/mol. The molecule has 0 spiro atoms. The van der Waals surface area contributed by atoms with Gasteiger partial charge < -0.3 is 56.8 Å². The molecule has 2 amide bonds. The third kappa shape index (κ3) is 98.4. The topological polar surface area (TPSA) is 355 Å². The summed E-state index contributed by atoms with van der Waals surface area (Å²) in [5, 5.41) is 85.3. The summed E-state index contributed by atoms with van der Waals surface area (Å²) < 4.78 is 0. The molecule has 0 heterocycles. The summed E-state index contributed by atoms with van der Waals surface area (Å²) in [6.07, 6.45) is -6.03. The van der Waals surface area contributed by atoms with E-state index < -0.39 is 66.9 Å². The molecule has 0 fully saturated rings. The Kier molecular flexibility index (Phi) is 39.4. The molecule has 4 atom stereocenters. The molecule has 0 radical (unpaired) electrons. The van der Waals surface area contributed by atoms with Crippen LogP contribution in [0.3, 0.4) is 0 Å². The molecule has 0 aromatic carbocycles. The van der Waals surface area contributed by atoms with Gasteiger partial charge in [0.25, 0.3) is 29.8 Å². The van der Waals surface area contributed by atoms with E-state index in [4.69, 9.17) is 59.7 Å². The zero-order valence-electron chi connectivity index (χ0n) is 20.0. The molecule has 0 aliphatic heterocycles. The fourth-order valence-electron chi connectivity index (χ4n) is 0.803. The van der Waals surface area contributed by atoms with Gasteiger partial charge in [0, 0.05) is 34.6 Å². The van der Waals surface area contributed by atoms with E-state index in [2.05, 4.69) is 10.8 Å². The first kappa shape index (κ1) is 45.6. The molecule has 19 heteroatoms. The molecule has 0 aliphatic carbocycles. The highest BCUT2D eigenvalue weighted by Crippen LogP contribution is 2.03. The van der Waals surface area contributed by atoms with Crippen LogP contribution in [0.2, 0.25) is 0 Å². The lowest BCUT2D eigenvalue weighted by molar-refractivity contribution is -0.135. The van der Waals surface area contributed by atoms with E-state index in [-0.39, 0.29) is 0 Å². The molecule has 0 rings (SSSR count). The van der Waals surface area contributed by atoms with Gasteiger partial charge in [-0.15, -0.1) is 0 Å². The smallest absolute Gasteiger partial charge is 0.332 e. The maximum Gasteiger partial charge on any atom is 0.332 e. The first-order chi connectivity index (χ1) is 16.1. The zero-order valence-corrected chi connectivity index (χ0v) is 20.0. The van der Waals surface area contributed by atoms with Gasteiger partial charge in [0.15, 0.2) is 0 Å². The normalized spacial score (nSPS) is 11.9. The van der Waals surface area contributed by atoms with Crippen LogP contribution in [-0.2, 0) is 24.0 Å². The third-order valence-corrected chi connectivity index (χ3v) is 1.68. The number of aliphatic carboxylic acids is 5. The van der Waals surface area contributed by atoms with E-state index in [1.165, 1.54) is 0 Å². The number of primary amides is 1. The lowest BCUT2D eigenvalue weighted by Crippen LogP contribution is -2.46. The maximum atomic E-state index is 10.2. The van der Waals surface area contributed by atoms with Crippen LogP contribution < -0.4 is 11.2 Å². The monoisotopic (exact) mass is 537 g/mol. The minimum atomic E-state index is -1.76. The van der Waals surface area contributed by atoms with Crippen molar-refractivity contribution in [3.8, 4) is 0 Å². The molecular formula is C17H35N3O16. The molecule has 0 saturated carbocycles. The minimum absolute atomic E-state index is 0.711. The number of hydrazone groups is 1. The van der Waals surface area contributed by atoms with Crippen molar-refractivity contribution < 1.29 is 79.8 Å². The number of hydrogen-bond donors (Lipinski definition) is 12. The Morgan fingerprint density at radius 1 is 0.694 bits per heavy atom. The van der Waals surface area contributed by atoms with Crippen LogP contribution in [0.5, 0.6) is 0 Å². The number of nitrogens with one attached hydrogen (secondary N) is 1. The second kappa shape index (κ2) is 31.1. The second-order valence-corrected chi connectivity index (χ2v) is 5.57. The Bertz CT molecular complexity index is 566. The molecule has 0 bridgehead atoms. The first-order valence-electron chi connectivity index (χ1n) is 8.95. The van der Waals surface area contributed by atoms with Gasteiger partial charge in [0.1, 0.15) is 24.4 Å². The predicted molar refractivity (Wildman–Crippen MR) is 119 cm³/mol. The van der Waals surface area contributed by atoms with Crippen LogP contribution in [0.15, 0.2) is 5.10 Å². The predicted octanol–water partition coefficient (Wildman–Crippen LogP) is -3.47. The zero-order chi connectivity index (χ0) is 30.6. The van der Waals surface area contributed by atoms with Gasteiger partial charge in [-0.05, 0) is 0 Å². The number of carboxylic acid groups (broad SMARTS) is 5. The van der Waals surface area contributed by atoms with Crippen LogP contribution in [0.4, 0.5) is 4.79 Å². The number of nitrogens with two attached hydrogens (primary N) is 1. The Hall–Kier alpha value is -3.91. The number of rotatable bonds is 6. The lowest BCUT2D eigenvalue weighted by atomic mass is 10.0. The van der Waals surface area contributed by atoms with Crippen molar-refractivity contribution in [3.63, 3.8) is 0 Å². The number of aliphatic hydroxyl groups is 5. The van der Waals surface area contributed by atoms with Crippen molar-refractivity contribution in [3.05, 3.63) is 0 Å². The fraction of sp³-hybridized carbons (Fsp3) is 0.588. The van der Waals surface area contributed by atoms with E-state index in [0.29, 0.717) is 6.21 Å². The highest BCUT2D eigenvalue weighted by atomic mass is 16.4. The maximum absolute atomic E-state index is 10.2. The van der Waals surface area contributed by atoms with Gasteiger partial charge in [0.2, 0.25) is 0 Å². The number of amides is 2. The first-order valence-corrected chi connectivity index (χ1v) is 8.95. The largest absolute Gasteiger partial charge is 0.481 e. The van der Waals surface area contributed by atoms with Crippen molar-refractivity contribution in [1.29, 1.82) is 0 Å². The van der Waals surface area contributed by atoms with Crippen LogP contribution in [0.25, 0.3) is 0 Å². The van der Waals surface area contributed by atoms with E-state index in [1.54, 1.807) is 5.43 Å². The summed E-state index contributed by atoms with van der Waals surface area (Å²) in [6, 6.07) is -0.964. The average molecular weight is 537 g/mol. The Labute approximate surface area is 204 Å². The molecule has 0 aliphatic rings. The van der Waals surface area contributed by atoms with Gasteiger partial charge in [-0.25, -0.2) is 10.2 Å². The Balaban J connectivity index is -0.0000000914. The van der Waals surface area contributed by atoms with Crippen LogP contribution >= 0.6 is 0 Å². The van der Waals surface area contributed by atoms with Crippen molar-refractivity contribution in [2.45, 2.75) is 59.0 Å². The number of aliphatic hydroxyl groups excluding tert-OH is 5. The van der Waals surface area contributed by atoms with Crippen LogP contribution in [0.1, 0.15) is 34.6 Å². The number of carbonyl (C=O) groups is 6. The van der Waals surface area contributed by atoms with Crippen LogP contribution in [0, 0.1) is 0 Å². The standard InChI is InChI=1S/C7H15N3O6.5C2H4O2/c8-7(16)10-9-1-3(12)5(14)6(15)4(13)2-11;5*1-2(3)4/h1,3-6,11-15H,2H2,(H3,8,10,16);5*1H3,(H,3,4)/b9-1+;;;;;/t3-,4-,5-,6-;;;;;/m0...../s1. The number of urea groups is 1. The third-order valence-electron chi connectivity index (χ3n) is 1.68. The van der Waals surface area contributed by atoms with Crippen molar-refractivity contribution in [2.24, 2.45) is 10.8 Å². The SMILES string of the molecule is CC(=O)O.CC(=O)O.CC(=O)O.CC(=O)O.CC(=O)O.NC(=O)N/N=C/[C@H](O)[C@H](O)[C@@H](O)[C@@H](O)CO. The van der Waals surface area contributed by atoms with E-state index in [9.17, 15) is 20.1 Å². The number of hydrogen-bond acceptors (Lipinski definition) is 12. The minimum Gasteiger partial charge on any atom is -0.481 e. The van der Waals surface area contributed by atoms with Crippen molar-refractivity contribution in [2.75, 3.05) is 6.61 Å². The van der Waals surface area contributed by atoms with E-state index in [1.807, 2.05) is 0 Å². The van der Waals surface area contributed by atoms with Gasteiger partial charge in [-0.2, -0.15) is 5.10 Å². The molecule has 0 unspecified atom stereocenters. The Morgan fingerprint density at radius 3 is 1.14 bits per heavy atom. The van der Waals surface area contributed by atoms with Gasteiger partial charge in [0.05, 0.1) is 12.8 Å². The summed E-state index contributed by atoms with van der Waals surface area (Å²) >= 11 is 0. The second-order valence-electron chi connectivity index (χ2n) is 5.57. The highest BCUT2D eigenvalue weighted by molar-refractivity contribution is 5.73. The van der Waals surface area contributed by atoms with Crippen molar-refractivity contribution in [1.82, 2.24) is 5.43 Å². The molecule has 19 nitrogen and oxygen atoms in total. The van der Waals surface area contributed by atoms with E-state index >= 15 is 0 Å². The van der Waals surface area contributed by atoms with Gasteiger partial charge >= 0.3 is 6.03 Å². The van der Waals surface area contributed by atoms with Gasteiger partial charge in [-0.1, -0.05) is 0 Å². The molecule has 13 N–H and O–H groups in total. The quantitative estimate of drug-likeness (QED) is 0.115. The molecule has 0 aromatic heterocycles. The van der Waals surface area contributed by atoms with Crippen LogP contribution in [-0.4, -0.2) is 124 Å². The number of nitrogens with zero attached hydrogens (tertiary/aromatic N) is 1. The molecule has 214 valence electrons. The van der Waals surface area contributed by atoms with E-state index in [0.717, 1.165) is 34.6 Å². The average Bonchev–Trinajstić information content (AvgIpc) is 2.63. The summed E-state index contributed by atoms with van der Waals surface area (Å²) in [5.41, 5.74) is 6.41. The molecule has 36 heavy (non-hydrogen) atoms. The van der Waals surface area contributed by atoms with Gasteiger partial charge in [-0.3, -0.25) is 24.0 Å². The molecule has 0 aromatic rings. The highest BCUT2D eigenvalue weighted by Gasteiger charge is 2.29. The summed E-state index contributed by atoms with van der Waals surface area (Å²) in [5.74, 6) is -4.17. The summed E-state index contributed by atoms with van der Waals surface area (Å²) in [6.45, 7) is 4.64. The molecule has 0 saturated heterocycles. The van der Waals surface area contributed by atoms with Crippen molar-refractivity contribution >= 4 is 42.1 Å². The summed E-state index contributed by atoms with van der Waals surface area (Å²) in [7, 11) is 0. The number of carboxylic acids is 5. The Morgan fingerprint density at radius 2 is 0.944 bits per heavy atom.